The molecule has 2 heteroatoms. The van der Waals surface area contributed by atoms with Crippen LogP contribution in [0.3, 0.4) is 0 Å². The molecular weight excluding hydrogens is 124 g/mol. The van der Waals surface area contributed by atoms with Crippen LogP contribution in [0.15, 0.2) is 28.7 Å². The SMILES string of the molecule is C=C1N=C(C)C(C)=C(C)N1. The largest absolute Gasteiger partial charge is 0.344 e. The molecule has 0 radical (unpaired) electrons. The van der Waals surface area contributed by atoms with E-state index in [2.05, 4.69) is 16.9 Å². The summed E-state index contributed by atoms with van der Waals surface area (Å²) in [4.78, 5) is 4.17. The van der Waals surface area contributed by atoms with Gasteiger partial charge in [-0.3, -0.25) is 0 Å². The van der Waals surface area contributed by atoms with Crippen molar-refractivity contribution in [3.63, 3.8) is 0 Å². The highest BCUT2D eigenvalue weighted by atomic mass is 15.1. The number of allylic oxidation sites excluding steroid dienone is 2. The summed E-state index contributed by atoms with van der Waals surface area (Å²) in [6.07, 6.45) is 0. The van der Waals surface area contributed by atoms with Gasteiger partial charge in [0.1, 0.15) is 5.82 Å². The van der Waals surface area contributed by atoms with E-state index in [1.165, 1.54) is 5.57 Å². The van der Waals surface area contributed by atoms with Gasteiger partial charge >= 0.3 is 0 Å². The molecule has 0 atom stereocenters. The Kier molecular flexibility index (Phi) is 1.62. The standard InChI is InChI=1S/C8H12N2/c1-5-6(2)9-8(4)10-7(5)3/h9H,4H2,1-3H3. The fourth-order valence-corrected chi connectivity index (χ4v) is 0.896. The highest BCUT2D eigenvalue weighted by Gasteiger charge is 2.06. The number of aliphatic imine (C=N–C) groups is 1. The summed E-state index contributed by atoms with van der Waals surface area (Å²) in [6.45, 7) is 9.78. The Morgan fingerprint density at radius 2 is 1.90 bits per heavy atom. The first-order valence-corrected chi connectivity index (χ1v) is 3.30. The zero-order chi connectivity index (χ0) is 7.72. The second-order valence-corrected chi connectivity index (χ2v) is 2.52. The quantitative estimate of drug-likeness (QED) is 0.539. The fourth-order valence-electron chi connectivity index (χ4n) is 0.896. The van der Waals surface area contributed by atoms with E-state index < -0.39 is 0 Å². The van der Waals surface area contributed by atoms with Crippen LogP contribution in [0.25, 0.3) is 0 Å². The molecule has 2 nitrogen and oxygen atoms in total. The monoisotopic (exact) mass is 136 g/mol. The molecule has 0 bridgehead atoms. The molecule has 0 aromatic heterocycles. The van der Waals surface area contributed by atoms with Gasteiger partial charge in [0.15, 0.2) is 0 Å². The zero-order valence-corrected chi connectivity index (χ0v) is 6.65. The Balaban J connectivity index is 3.01. The molecule has 0 aromatic carbocycles. The maximum atomic E-state index is 4.17. The smallest absolute Gasteiger partial charge is 0.123 e. The maximum Gasteiger partial charge on any atom is 0.123 e. The Bertz CT molecular complexity index is 228. The van der Waals surface area contributed by atoms with Gasteiger partial charge in [0.05, 0.1) is 0 Å². The van der Waals surface area contributed by atoms with Crippen LogP contribution in [-0.2, 0) is 0 Å². The molecule has 1 heterocycles. The van der Waals surface area contributed by atoms with Crippen molar-refractivity contribution in [2.24, 2.45) is 4.99 Å². The lowest BCUT2D eigenvalue weighted by molar-refractivity contribution is 0.919. The van der Waals surface area contributed by atoms with E-state index in [0.29, 0.717) is 0 Å². The lowest BCUT2D eigenvalue weighted by Gasteiger charge is -2.16. The van der Waals surface area contributed by atoms with E-state index in [4.69, 9.17) is 0 Å². The molecule has 0 fully saturated rings. The number of hydrogen-bond acceptors (Lipinski definition) is 2. The lowest BCUT2D eigenvalue weighted by atomic mass is 10.1. The summed E-state index contributed by atoms with van der Waals surface area (Å²) in [5.41, 5.74) is 3.42. The van der Waals surface area contributed by atoms with Gasteiger partial charge in [-0.15, -0.1) is 0 Å². The van der Waals surface area contributed by atoms with Crippen molar-refractivity contribution in [1.82, 2.24) is 5.32 Å². The first kappa shape index (κ1) is 7.06. The van der Waals surface area contributed by atoms with Crippen molar-refractivity contribution in [3.05, 3.63) is 23.7 Å². The molecule has 0 aromatic rings. The molecular formula is C8H12N2. The summed E-state index contributed by atoms with van der Waals surface area (Å²) < 4.78 is 0. The average molecular weight is 136 g/mol. The van der Waals surface area contributed by atoms with Crippen LogP contribution < -0.4 is 5.32 Å². The Hall–Kier alpha value is -1.05. The number of nitrogens with zero attached hydrogens (tertiary/aromatic N) is 1. The molecule has 1 aliphatic rings. The molecule has 10 heavy (non-hydrogen) atoms. The van der Waals surface area contributed by atoms with Gasteiger partial charge in [-0.1, -0.05) is 6.58 Å². The third-order valence-corrected chi connectivity index (χ3v) is 1.74. The Morgan fingerprint density at radius 3 is 2.40 bits per heavy atom. The third-order valence-electron chi connectivity index (χ3n) is 1.74. The molecule has 0 saturated heterocycles. The van der Waals surface area contributed by atoms with Crippen LogP contribution in [0.1, 0.15) is 20.8 Å². The summed E-state index contributed by atoms with van der Waals surface area (Å²) in [5, 5.41) is 3.06. The summed E-state index contributed by atoms with van der Waals surface area (Å²) in [5.74, 6) is 0.737. The molecule has 0 amide bonds. The molecule has 54 valence electrons. The number of rotatable bonds is 0. The minimum absolute atomic E-state index is 0.737. The van der Waals surface area contributed by atoms with Crippen LogP contribution >= 0.6 is 0 Å². The molecule has 0 aliphatic carbocycles. The zero-order valence-electron chi connectivity index (χ0n) is 6.65. The van der Waals surface area contributed by atoms with Crippen molar-refractivity contribution >= 4 is 5.71 Å². The van der Waals surface area contributed by atoms with E-state index in [0.717, 1.165) is 17.2 Å². The normalized spacial score (nSPS) is 18.7. The van der Waals surface area contributed by atoms with Crippen molar-refractivity contribution in [1.29, 1.82) is 0 Å². The second-order valence-electron chi connectivity index (χ2n) is 2.52. The van der Waals surface area contributed by atoms with Crippen LogP contribution in [0.4, 0.5) is 0 Å². The Morgan fingerprint density at radius 1 is 1.30 bits per heavy atom. The van der Waals surface area contributed by atoms with E-state index in [1.807, 2.05) is 20.8 Å². The predicted molar refractivity (Wildman–Crippen MR) is 43.8 cm³/mol. The van der Waals surface area contributed by atoms with Crippen LogP contribution in [0, 0.1) is 0 Å². The minimum Gasteiger partial charge on any atom is -0.344 e. The van der Waals surface area contributed by atoms with Crippen LogP contribution in [0.2, 0.25) is 0 Å². The fraction of sp³-hybridized carbons (Fsp3) is 0.375. The molecule has 0 saturated carbocycles. The molecule has 1 N–H and O–H groups in total. The number of nitrogens with one attached hydrogen (secondary N) is 1. The molecule has 0 spiro atoms. The molecule has 1 rings (SSSR count). The van der Waals surface area contributed by atoms with Gasteiger partial charge in [0.2, 0.25) is 0 Å². The van der Waals surface area contributed by atoms with Gasteiger partial charge in [0.25, 0.3) is 0 Å². The number of hydrogen-bond donors (Lipinski definition) is 1. The van der Waals surface area contributed by atoms with Crippen molar-refractivity contribution in [3.8, 4) is 0 Å². The Labute approximate surface area is 61.4 Å². The van der Waals surface area contributed by atoms with Crippen molar-refractivity contribution in [2.75, 3.05) is 0 Å². The highest BCUT2D eigenvalue weighted by molar-refractivity contribution is 5.99. The van der Waals surface area contributed by atoms with Gasteiger partial charge in [-0.05, 0) is 26.3 Å². The van der Waals surface area contributed by atoms with E-state index in [9.17, 15) is 0 Å². The second kappa shape index (κ2) is 2.29. The van der Waals surface area contributed by atoms with E-state index in [1.54, 1.807) is 0 Å². The van der Waals surface area contributed by atoms with Crippen molar-refractivity contribution in [2.45, 2.75) is 20.8 Å². The predicted octanol–water partition coefficient (Wildman–Crippen LogP) is 1.82. The van der Waals surface area contributed by atoms with Gasteiger partial charge in [-0.2, -0.15) is 0 Å². The maximum absolute atomic E-state index is 4.17. The van der Waals surface area contributed by atoms with E-state index in [-0.39, 0.29) is 0 Å². The van der Waals surface area contributed by atoms with Crippen LogP contribution in [-0.4, -0.2) is 5.71 Å². The van der Waals surface area contributed by atoms with Crippen LogP contribution in [0.5, 0.6) is 0 Å². The van der Waals surface area contributed by atoms with Gasteiger partial charge < -0.3 is 5.32 Å². The first-order chi connectivity index (χ1) is 4.61. The average Bonchev–Trinajstić information content (AvgIpc) is 1.82. The third kappa shape index (κ3) is 1.10. The summed E-state index contributed by atoms with van der Waals surface area (Å²) in [6, 6.07) is 0. The lowest BCUT2D eigenvalue weighted by Crippen LogP contribution is -2.18. The summed E-state index contributed by atoms with van der Waals surface area (Å²) >= 11 is 0. The highest BCUT2D eigenvalue weighted by Crippen LogP contribution is 2.11. The summed E-state index contributed by atoms with van der Waals surface area (Å²) in [7, 11) is 0. The van der Waals surface area contributed by atoms with E-state index >= 15 is 0 Å². The first-order valence-electron chi connectivity index (χ1n) is 3.30. The topological polar surface area (TPSA) is 24.4 Å². The minimum atomic E-state index is 0.737. The van der Waals surface area contributed by atoms with Crippen molar-refractivity contribution < 1.29 is 0 Å². The molecule has 0 unspecified atom stereocenters. The van der Waals surface area contributed by atoms with Gasteiger partial charge in [0, 0.05) is 11.4 Å². The van der Waals surface area contributed by atoms with Gasteiger partial charge in [-0.25, -0.2) is 4.99 Å². The molecule has 1 aliphatic heterocycles.